The second-order valence-electron chi connectivity index (χ2n) is 6.74. The lowest BCUT2D eigenvalue weighted by molar-refractivity contribution is -0.134. The number of hydrogen-bond donors (Lipinski definition) is 1. The van der Waals surface area contributed by atoms with E-state index in [-0.39, 0.29) is 18.0 Å². The third kappa shape index (κ3) is 4.59. The topological polar surface area (TPSA) is 69.9 Å². The van der Waals surface area contributed by atoms with Gasteiger partial charge in [0.25, 0.3) is 0 Å². The summed E-state index contributed by atoms with van der Waals surface area (Å²) in [4.78, 5) is 30.4. The Balaban J connectivity index is 1.79. The Morgan fingerprint density at radius 1 is 1.00 bits per heavy atom. The second-order valence-corrected chi connectivity index (χ2v) is 6.74. The number of urea groups is 1. The molecule has 0 spiro atoms. The van der Waals surface area contributed by atoms with E-state index in [2.05, 4.69) is 0 Å². The molecule has 3 amide bonds. The smallest absolute Gasteiger partial charge is 0.320 e. The van der Waals surface area contributed by atoms with Crippen LogP contribution in [0.5, 0.6) is 0 Å². The average molecular weight is 324 g/mol. The lowest BCUT2D eigenvalue weighted by Crippen LogP contribution is -2.54. The fourth-order valence-corrected chi connectivity index (χ4v) is 3.68. The molecule has 0 aromatic heterocycles. The number of carbonyl (C=O) groups is 2. The van der Waals surface area contributed by atoms with Gasteiger partial charge in [-0.1, -0.05) is 12.8 Å². The molecule has 2 rings (SSSR count). The zero-order chi connectivity index (χ0) is 16.8. The highest BCUT2D eigenvalue weighted by molar-refractivity contribution is 5.78. The van der Waals surface area contributed by atoms with Gasteiger partial charge in [-0.25, -0.2) is 4.79 Å². The van der Waals surface area contributed by atoms with Crippen LogP contribution in [-0.4, -0.2) is 71.9 Å². The number of amides is 3. The number of nitrogens with two attached hydrogens (primary N) is 1. The monoisotopic (exact) mass is 324 g/mol. The number of hydrogen-bond acceptors (Lipinski definition) is 3. The summed E-state index contributed by atoms with van der Waals surface area (Å²) in [6, 6.07) is 0.273. The van der Waals surface area contributed by atoms with Gasteiger partial charge in [0.1, 0.15) is 0 Å². The maximum atomic E-state index is 12.5. The predicted octanol–water partition coefficient (Wildman–Crippen LogP) is 1.50. The van der Waals surface area contributed by atoms with Crippen molar-refractivity contribution >= 4 is 11.9 Å². The summed E-state index contributed by atoms with van der Waals surface area (Å²) in [5.41, 5.74) is 6.15. The van der Waals surface area contributed by atoms with Gasteiger partial charge in [-0.15, -0.1) is 0 Å². The second kappa shape index (κ2) is 8.52. The normalized spacial score (nSPS) is 25.3. The molecular formula is C17H32N4O2. The SMILES string of the molecule is CCN(CC)C(=O)N1CCN(C(=O)CC2CCCCC2N)CC1. The molecule has 1 saturated carbocycles. The molecule has 23 heavy (non-hydrogen) atoms. The van der Waals surface area contributed by atoms with Crippen molar-refractivity contribution in [3.8, 4) is 0 Å². The van der Waals surface area contributed by atoms with Gasteiger partial charge in [0.2, 0.25) is 5.91 Å². The van der Waals surface area contributed by atoms with E-state index in [0.717, 1.165) is 25.9 Å². The third-order valence-corrected chi connectivity index (χ3v) is 5.34. The van der Waals surface area contributed by atoms with Gasteiger partial charge in [0, 0.05) is 51.7 Å². The van der Waals surface area contributed by atoms with Gasteiger partial charge < -0.3 is 20.4 Å². The van der Waals surface area contributed by atoms with Gasteiger partial charge in [0.15, 0.2) is 0 Å². The Bertz CT molecular complexity index is 403. The molecule has 6 heteroatoms. The number of carbonyl (C=O) groups excluding carboxylic acids is 2. The molecule has 2 unspecified atom stereocenters. The number of rotatable bonds is 4. The summed E-state index contributed by atoms with van der Waals surface area (Å²) < 4.78 is 0. The first kappa shape index (κ1) is 18.0. The highest BCUT2D eigenvalue weighted by atomic mass is 16.2. The highest BCUT2D eigenvalue weighted by Gasteiger charge is 2.29. The number of piperazine rings is 1. The molecule has 2 atom stereocenters. The van der Waals surface area contributed by atoms with Crippen molar-refractivity contribution in [3.05, 3.63) is 0 Å². The molecule has 1 saturated heterocycles. The van der Waals surface area contributed by atoms with Crippen molar-refractivity contribution in [2.75, 3.05) is 39.3 Å². The van der Waals surface area contributed by atoms with Crippen LogP contribution in [-0.2, 0) is 4.79 Å². The molecule has 0 radical (unpaired) electrons. The van der Waals surface area contributed by atoms with Crippen molar-refractivity contribution in [2.24, 2.45) is 11.7 Å². The molecule has 0 aromatic carbocycles. The summed E-state index contributed by atoms with van der Waals surface area (Å²) in [6.07, 6.45) is 5.08. The van der Waals surface area contributed by atoms with E-state index in [1.807, 2.05) is 28.5 Å². The van der Waals surface area contributed by atoms with E-state index in [1.165, 1.54) is 12.8 Å². The molecule has 1 heterocycles. The molecule has 2 N–H and O–H groups in total. The van der Waals surface area contributed by atoms with E-state index < -0.39 is 0 Å². The first-order chi connectivity index (χ1) is 11.1. The lowest BCUT2D eigenvalue weighted by Gasteiger charge is -2.38. The van der Waals surface area contributed by atoms with Gasteiger partial charge in [-0.3, -0.25) is 4.79 Å². The molecule has 1 aliphatic heterocycles. The zero-order valence-electron chi connectivity index (χ0n) is 14.7. The van der Waals surface area contributed by atoms with E-state index >= 15 is 0 Å². The Morgan fingerprint density at radius 2 is 1.57 bits per heavy atom. The van der Waals surface area contributed by atoms with Crippen molar-refractivity contribution in [1.29, 1.82) is 0 Å². The highest BCUT2D eigenvalue weighted by Crippen LogP contribution is 2.26. The molecule has 2 fully saturated rings. The van der Waals surface area contributed by atoms with Crippen LogP contribution in [0, 0.1) is 5.92 Å². The first-order valence-corrected chi connectivity index (χ1v) is 9.14. The quantitative estimate of drug-likeness (QED) is 0.852. The molecule has 0 aromatic rings. The number of nitrogens with zero attached hydrogens (tertiary/aromatic N) is 3. The summed E-state index contributed by atoms with van der Waals surface area (Å²) in [5, 5.41) is 0. The van der Waals surface area contributed by atoms with Crippen LogP contribution >= 0.6 is 0 Å². The Hall–Kier alpha value is -1.30. The molecule has 1 aliphatic carbocycles. The fraction of sp³-hybridized carbons (Fsp3) is 0.882. The maximum absolute atomic E-state index is 12.5. The standard InChI is InChI=1S/C17H32N4O2/c1-3-19(4-2)17(23)21-11-9-20(10-12-21)16(22)13-14-7-5-6-8-15(14)18/h14-15H,3-13,18H2,1-2H3. The molecular weight excluding hydrogens is 292 g/mol. The van der Waals surface area contributed by atoms with E-state index in [9.17, 15) is 9.59 Å². The molecule has 0 bridgehead atoms. The largest absolute Gasteiger partial charge is 0.339 e. The van der Waals surface area contributed by atoms with E-state index in [4.69, 9.17) is 5.73 Å². The van der Waals surface area contributed by atoms with Crippen LogP contribution in [0.3, 0.4) is 0 Å². The summed E-state index contributed by atoms with van der Waals surface area (Å²) in [5.74, 6) is 0.550. The van der Waals surface area contributed by atoms with Crippen molar-refractivity contribution in [3.63, 3.8) is 0 Å². The van der Waals surface area contributed by atoms with Crippen LogP contribution < -0.4 is 5.73 Å². The van der Waals surface area contributed by atoms with Crippen LogP contribution in [0.4, 0.5) is 4.79 Å². The Labute approximate surface area is 140 Å². The summed E-state index contributed by atoms with van der Waals surface area (Å²) in [6.45, 7) is 8.02. The Kier molecular flexibility index (Phi) is 6.69. The Morgan fingerprint density at radius 3 is 2.13 bits per heavy atom. The van der Waals surface area contributed by atoms with Gasteiger partial charge >= 0.3 is 6.03 Å². The average Bonchev–Trinajstić information content (AvgIpc) is 2.58. The summed E-state index contributed by atoms with van der Waals surface area (Å²) >= 11 is 0. The summed E-state index contributed by atoms with van der Waals surface area (Å²) in [7, 11) is 0. The van der Waals surface area contributed by atoms with Crippen LogP contribution in [0.25, 0.3) is 0 Å². The molecule has 6 nitrogen and oxygen atoms in total. The molecule has 2 aliphatic rings. The van der Waals surface area contributed by atoms with Crippen LogP contribution in [0.1, 0.15) is 46.0 Å². The minimum atomic E-state index is 0.0939. The van der Waals surface area contributed by atoms with Crippen molar-refractivity contribution in [1.82, 2.24) is 14.7 Å². The van der Waals surface area contributed by atoms with E-state index in [1.54, 1.807) is 0 Å². The van der Waals surface area contributed by atoms with Gasteiger partial charge in [-0.05, 0) is 32.6 Å². The third-order valence-electron chi connectivity index (χ3n) is 5.34. The first-order valence-electron chi connectivity index (χ1n) is 9.14. The maximum Gasteiger partial charge on any atom is 0.320 e. The molecule has 132 valence electrons. The minimum absolute atomic E-state index is 0.0939. The van der Waals surface area contributed by atoms with E-state index in [0.29, 0.717) is 38.5 Å². The minimum Gasteiger partial charge on any atom is -0.339 e. The zero-order valence-corrected chi connectivity index (χ0v) is 14.7. The van der Waals surface area contributed by atoms with Crippen LogP contribution in [0.15, 0.2) is 0 Å². The van der Waals surface area contributed by atoms with Gasteiger partial charge in [-0.2, -0.15) is 0 Å². The van der Waals surface area contributed by atoms with Crippen LogP contribution in [0.2, 0.25) is 0 Å². The van der Waals surface area contributed by atoms with Crippen molar-refractivity contribution in [2.45, 2.75) is 52.0 Å². The van der Waals surface area contributed by atoms with Gasteiger partial charge in [0.05, 0.1) is 0 Å². The fourth-order valence-electron chi connectivity index (χ4n) is 3.68. The van der Waals surface area contributed by atoms with Crippen molar-refractivity contribution < 1.29 is 9.59 Å². The predicted molar refractivity (Wildman–Crippen MR) is 91.0 cm³/mol. The lowest BCUT2D eigenvalue weighted by atomic mass is 9.82.